The van der Waals surface area contributed by atoms with Gasteiger partial charge in [0, 0.05) is 27.1 Å². The molecule has 10 nitrogen and oxygen atoms in total. The van der Waals surface area contributed by atoms with Crippen LogP contribution in [0.3, 0.4) is 0 Å². The number of nitrogens with one attached hydrogen (secondary N) is 1. The third kappa shape index (κ3) is 7.71. The van der Waals surface area contributed by atoms with Gasteiger partial charge >= 0.3 is 12.1 Å². The van der Waals surface area contributed by atoms with Crippen molar-refractivity contribution in [2.45, 2.75) is 63.1 Å². The molecular formula is C27H34ClN3O7S. The molecule has 3 rings (SSSR count). The van der Waals surface area contributed by atoms with Crippen molar-refractivity contribution in [1.82, 2.24) is 14.5 Å². The predicted octanol–water partition coefficient (Wildman–Crippen LogP) is 3.54. The highest BCUT2D eigenvalue weighted by Gasteiger charge is 2.40. The molecule has 0 unspecified atom stereocenters. The lowest BCUT2D eigenvalue weighted by atomic mass is 10.0. The minimum Gasteiger partial charge on any atom is -0.461 e. The smallest absolute Gasteiger partial charge is 0.414 e. The van der Waals surface area contributed by atoms with Crippen LogP contribution in [0.2, 0.25) is 5.02 Å². The van der Waals surface area contributed by atoms with Gasteiger partial charge in [-0.05, 0) is 63.4 Å². The highest BCUT2D eigenvalue weighted by Crippen LogP contribution is 2.28. The van der Waals surface area contributed by atoms with Crippen LogP contribution in [0.25, 0.3) is 0 Å². The van der Waals surface area contributed by atoms with Gasteiger partial charge in [0.25, 0.3) is 0 Å². The zero-order chi connectivity index (χ0) is 28.9. The highest BCUT2D eigenvalue weighted by atomic mass is 35.5. The summed E-state index contributed by atoms with van der Waals surface area (Å²) in [6.07, 6.45) is -0.181. The van der Waals surface area contributed by atoms with Crippen molar-refractivity contribution in [3.05, 3.63) is 58.6 Å². The predicted molar refractivity (Wildman–Crippen MR) is 146 cm³/mol. The molecule has 39 heavy (non-hydrogen) atoms. The van der Waals surface area contributed by atoms with Crippen LogP contribution in [0.1, 0.15) is 37.8 Å². The minimum absolute atomic E-state index is 0.0242. The molecule has 0 aliphatic carbocycles. The average Bonchev–Trinajstić information content (AvgIpc) is 3.36. The number of amides is 2. The van der Waals surface area contributed by atoms with Gasteiger partial charge in [-0.3, -0.25) is 4.79 Å². The van der Waals surface area contributed by atoms with Crippen LogP contribution >= 0.6 is 11.6 Å². The van der Waals surface area contributed by atoms with Gasteiger partial charge in [0.2, 0.25) is 15.9 Å². The molecule has 0 spiro atoms. The summed E-state index contributed by atoms with van der Waals surface area (Å²) in [6.45, 7) is 5.43. The molecule has 0 radical (unpaired) electrons. The molecule has 1 heterocycles. The highest BCUT2D eigenvalue weighted by molar-refractivity contribution is 7.89. The zero-order valence-corrected chi connectivity index (χ0v) is 24.2. The molecule has 212 valence electrons. The molecule has 2 atom stereocenters. The maximum absolute atomic E-state index is 13.4. The third-order valence-electron chi connectivity index (χ3n) is 6.09. The van der Waals surface area contributed by atoms with Crippen molar-refractivity contribution >= 4 is 39.6 Å². The van der Waals surface area contributed by atoms with Gasteiger partial charge < -0.3 is 19.7 Å². The van der Waals surface area contributed by atoms with E-state index in [1.54, 1.807) is 32.0 Å². The second kappa shape index (κ2) is 12.8. The average molecular weight is 580 g/mol. The van der Waals surface area contributed by atoms with Crippen LogP contribution in [-0.2, 0) is 30.8 Å². The molecule has 2 amide bonds. The Balaban J connectivity index is 1.80. The Morgan fingerprint density at radius 2 is 1.79 bits per heavy atom. The zero-order valence-electron chi connectivity index (χ0n) is 22.6. The fraction of sp³-hybridized carbons (Fsp3) is 0.444. The lowest BCUT2D eigenvalue weighted by Gasteiger charge is -2.26. The molecule has 0 bridgehead atoms. The van der Waals surface area contributed by atoms with E-state index in [4.69, 9.17) is 21.1 Å². The molecule has 1 fully saturated rings. The summed E-state index contributed by atoms with van der Waals surface area (Å²) in [6, 6.07) is 9.02. The molecule has 0 aromatic heterocycles. The SMILES string of the molecule is Cc1ccc(S(=O)(=O)N2CCC[C@H]2C(=O)N[C@@H](Cc2ccc(OC(=O)N(C)C)c(Cl)c2)C(=O)OC(C)C)cc1. The molecule has 1 aliphatic rings. The van der Waals surface area contributed by atoms with Gasteiger partial charge in [-0.25, -0.2) is 18.0 Å². The second-order valence-electron chi connectivity index (χ2n) is 9.86. The number of carbonyl (C=O) groups excluding carboxylic acids is 3. The van der Waals surface area contributed by atoms with Crippen LogP contribution in [-0.4, -0.2) is 74.4 Å². The minimum atomic E-state index is -3.92. The summed E-state index contributed by atoms with van der Waals surface area (Å²) < 4.78 is 38.4. The number of halogens is 1. The number of rotatable bonds is 9. The van der Waals surface area contributed by atoms with Crippen LogP contribution in [0.4, 0.5) is 4.79 Å². The first-order chi connectivity index (χ1) is 18.3. The summed E-state index contributed by atoms with van der Waals surface area (Å²) in [5.74, 6) is -1.10. The normalized spacial score (nSPS) is 16.5. The Labute approximate surface area is 234 Å². The monoisotopic (exact) mass is 579 g/mol. The van der Waals surface area contributed by atoms with E-state index in [1.807, 2.05) is 6.92 Å². The fourth-order valence-electron chi connectivity index (χ4n) is 4.09. The van der Waals surface area contributed by atoms with Crippen molar-refractivity contribution in [3.63, 3.8) is 0 Å². The Bertz CT molecular complexity index is 1310. The topological polar surface area (TPSA) is 122 Å². The van der Waals surface area contributed by atoms with Crippen molar-refractivity contribution in [1.29, 1.82) is 0 Å². The van der Waals surface area contributed by atoms with E-state index in [2.05, 4.69) is 5.32 Å². The van der Waals surface area contributed by atoms with Gasteiger partial charge in [0.15, 0.2) is 5.75 Å². The number of benzene rings is 2. The summed E-state index contributed by atoms with van der Waals surface area (Å²) in [7, 11) is -0.841. The largest absolute Gasteiger partial charge is 0.461 e. The first-order valence-electron chi connectivity index (χ1n) is 12.6. The van der Waals surface area contributed by atoms with Gasteiger partial charge in [0.1, 0.15) is 12.1 Å². The number of carbonyl (C=O) groups is 3. The lowest BCUT2D eigenvalue weighted by Crippen LogP contribution is -2.52. The second-order valence-corrected chi connectivity index (χ2v) is 12.2. The number of aryl methyl sites for hydroxylation is 1. The van der Waals surface area contributed by atoms with Crippen molar-refractivity contribution in [3.8, 4) is 5.75 Å². The molecule has 1 saturated heterocycles. The maximum atomic E-state index is 13.4. The fourth-order valence-corrected chi connectivity index (χ4v) is 5.98. The van der Waals surface area contributed by atoms with Crippen molar-refractivity contribution in [2.75, 3.05) is 20.6 Å². The molecule has 2 aromatic rings. The van der Waals surface area contributed by atoms with E-state index in [0.717, 1.165) is 5.56 Å². The van der Waals surface area contributed by atoms with E-state index in [1.165, 1.54) is 47.6 Å². The number of ether oxygens (including phenoxy) is 2. The van der Waals surface area contributed by atoms with E-state index < -0.39 is 46.2 Å². The molecule has 2 aromatic carbocycles. The van der Waals surface area contributed by atoms with Gasteiger partial charge in [0.05, 0.1) is 16.0 Å². The first-order valence-corrected chi connectivity index (χ1v) is 14.4. The number of esters is 1. The van der Waals surface area contributed by atoms with Crippen LogP contribution < -0.4 is 10.1 Å². The maximum Gasteiger partial charge on any atom is 0.414 e. The summed E-state index contributed by atoms with van der Waals surface area (Å²) >= 11 is 6.30. The van der Waals surface area contributed by atoms with Gasteiger partial charge in [-0.1, -0.05) is 35.4 Å². The van der Waals surface area contributed by atoms with Crippen molar-refractivity contribution < 1.29 is 32.3 Å². The van der Waals surface area contributed by atoms with Gasteiger partial charge in [-0.15, -0.1) is 0 Å². The van der Waals surface area contributed by atoms with Crippen LogP contribution in [0.15, 0.2) is 47.4 Å². The standard InChI is InChI=1S/C27H34ClN3O7S/c1-17(2)37-26(33)22(16-19-10-13-24(21(28)15-19)38-27(34)30(4)5)29-25(32)23-7-6-14-31(23)39(35,36)20-11-8-18(3)9-12-20/h8-13,15,17,22-23H,6-7,14,16H2,1-5H3,(H,29,32)/t22-,23-/m0/s1. The number of nitrogens with zero attached hydrogens (tertiary/aromatic N) is 2. The first kappa shape index (κ1) is 30.4. The molecule has 0 saturated carbocycles. The Kier molecular flexibility index (Phi) is 9.98. The van der Waals surface area contributed by atoms with E-state index in [0.29, 0.717) is 18.4 Å². The van der Waals surface area contributed by atoms with E-state index in [9.17, 15) is 22.8 Å². The Hall–Kier alpha value is -3.15. The molecule has 1 aliphatic heterocycles. The Morgan fingerprint density at radius 1 is 1.13 bits per heavy atom. The number of sulfonamides is 1. The summed E-state index contributed by atoms with van der Waals surface area (Å²) in [5.41, 5.74) is 1.49. The van der Waals surface area contributed by atoms with E-state index >= 15 is 0 Å². The summed E-state index contributed by atoms with van der Waals surface area (Å²) in [5, 5.41) is 2.85. The molecular weight excluding hydrogens is 546 g/mol. The molecule has 12 heteroatoms. The van der Waals surface area contributed by atoms with E-state index in [-0.39, 0.29) is 28.6 Å². The van der Waals surface area contributed by atoms with Crippen molar-refractivity contribution in [2.24, 2.45) is 0 Å². The third-order valence-corrected chi connectivity index (χ3v) is 8.30. The quantitative estimate of drug-likeness (QED) is 0.451. The van der Waals surface area contributed by atoms with Crippen LogP contribution in [0, 0.1) is 6.92 Å². The van der Waals surface area contributed by atoms with Crippen LogP contribution in [0.5, 0.6) is 5.75 Å². The Morgan fingerprint density at radius 3 is 2.38 bits per heavy atom. The lowest BCUT2D eigenvalue weighted by molar-refractivity contribution is -0.151. The summed E-state index contributed by atoms with van der Waals surface area (Å²) in [4.78, 5) is 39.5. The number of hydrogen-bond donors (Lipinski definition) is 1. The molecule has 1 N–H and O–H groups in total. The number of hydrogen-bond acceptors (Lipinski definition) is 7. The van der Waals surface area contributed by atoms with Gasteiger partial charge in [-0.2, -0.15) is 4.31 Å².